The third-order valence-corrected chi connectivity index (χ3v) is 4.62. The van der Waals surface area contributed by atoms with Crippen molar-refractivity contribution in [1.82, 2.24) is 5.32 Å². The van der Waals surface area contributed by atoms with E-state index in [0.717, 1.165) is 24.5 Å². The van der Waals surface area contributed by atoms with Crippen molar-refractivity contribution >= 4 is 10.8 Å². The van der Waals surface area contributed by atoms with Crippen molar-refractivity contribution in [3.05, 3.63) is 0 Å². The first-order chi connectivity index (χ1) is 5.71. The van der Waals surface area contributed by atoms with Gasteiger partial charge < -0.3 is 5.32 Å². The van der Waals surface area contributed by atoms with Crippen LogP contribution in [0.1, 0.15) is 26.2 Å². The highest BCUT2D eigenvalue weighted by molar-refractivity contribution is 7.85. The van der Waals surface area contributed by atoms with Crippen molar-refractivity contribution in [1.29, 1.82) is 0 Å². The van der Waals surface area contributed by atoms with Crippen LogP contribution in [-0.4, -0.2) is 28.3 Å². The van der Waals surface area contributed by atoms with Crippen LogP contribution in [0, 0.1) is 5.41 Å². The van der Waals surface area contributed by atoms with Gasteiger partial charge in [-0.3, -0.25) is 4.21 Å². The standard InChI is InChI=1S/C9H17NOS/c1-9(3-4-9)8-7-12(11)6-2-5-10-8/h8,10H,2-7H2,1H3. The highest BCUT2D eigenvalue weighted by Gasteiger charge is 2.45. The lowest BCUT2D eigenvalue weighted by Crippen LogP contribution is -2.39. The lowest BCUT2D eigenvalue weighted by molar-refractivity contribution is 0.391. The predicted molar refractivity (Wildman–Crippen MR) is 51.6 cm³/mol. The first-order valence-corrected chi connectivity index (χ1v) is 6.28. The van der Waals surface area contributed by atoms with E-state index in [0.29, 0.717) is 11.5 Å². The molecule has 1 aliphatic heterocycles. The lowest BCUT2D eigenvalue weighted by Gasteiger charge is -2.21. The van der Waals surface area contributed by atoms with Crippen molar-refractivity contribution in [3.63, 3.8) is 0 Å². The van der Waals surface area contributed by atoms with Gasteiger partial charge in [-0.25, -0.2) is 0 Å². The molecular formula is C9H17NOS. The van der Waals surface area contributed by atoms with Crippen LogP contribution in [0.15, 0.2) is 0 Å². The Morgan fingerprint density at radius 3 is 2.92 bits per heavy atom. The van der Waals surface area contributed by atoms with Gasteiger partial charge in [0.05, 0.1) is 0 Å². The molecule has 0 radical (unpaired) electrons. The summed E-state index contributed by atoms with van der Waals surface area (Å²) in [6, 6.07) is 0.529. The van der Waals surface area contributed by atoms with E-state index < -0.39 is 10.8 Å². The van der Waals surface area contributed by atoms with Gasteiger partial charge in [0.15, 0.2) is 0 Å². The van der Waals surface area contributed by atoms with Crippen LogP contribution >= 0.6 is 0 Å². The van der Waals surface area contributed by atoms with Crippen molar-refractivity contribution < 1.29 is 4.21 Å². The molecule has 2 fully saturated rings. The number of nitrogens with one attached hydrogen (secondary N) is 1. The Morgan fingerprint density at radius 2 is 2.25 bits per heavy atom. The second kappa shape index (κ2) is 3.11. The molecule has 0 aromatic rings. The summed E-state index contributed by atoms with van der Waals surface area (Å²) in [4.78, 5) is 0. The molecule has 0 aromatic heterocycles. The van der Waals surface area contributed by atoms with Crippen molar-refractivity contribution in [2.45, 2.75) is 32.2 Å². The monoisotopic (exact) mass is 187 g/mol. The zero-order chi connectivity index (χ0) is 8.60. The summed E-state index contributed by atoms with van der Waals surface area (Å²) in [7, 11) is -0.557. The molecule has 1 N–H and O–H groups in total. The van der Waals surface area contributed by atoms with Gasteiger partial charge in [0.25, 0.3) is 0 Å². The summed E-state index contributed by atoms with van der Waals surface area (Å²) in [5, 5.41) is 3.52. The Hall–Kier alpha value is 0.110. The van der Waals surface area contributed by atoms with E-state index >= 15 is 0 Å². The van der Waals surface area contributed by atoms with Gasteiger partial charge in [-0.15, -0.1) is 0 Å². The molecule has 70 valence electrons. The molecule has 0 spiro atoms. The first kappa shape index (κ1) is 8.70. The topological polar surface area (TPSA) is 29.1 Å². The van der Waals surface area contributed by atoms with E-state index in [9.17, 15) is 4.21 Å². The molecule has 1 aliphatic carbocycles. The van der Waals surface area contributed by atoms with Crippen LogP contribution in [0.25, 0.3) is 0 Å². The predicted octanol–water partition coefficient (Wildman–Crippen LogP) is 0.897. The molecule has 1 saturated heterocycles. The zero-order valence-electron chi connectivity index (χ0n) is 7.64. The van der Waals surface area contributed by atoms with Crippen LogP contribution in [0.5, 0.6) is 0 Å². The maximum Gasteiger partial charge on any atom is 0.0394 e. The molecule has 2 rings (SSSR count). The third-order valence-electron chi connectivity index (χ3n) is 3.17. The summed E-state index contributed by atoms with van der Waals surface area (Å²) in [5.74, 6) is 1.79. The summed E-state index contributed by atoms with van der Waals surface area (Å²) >= 11 is 0. The Bertz CT molecular complexity index is 201. The average molecular weight is 187 g/mol. The minimum atomic E-state index is -0.557. The average Bonchev–Trinajstić information content (AvgIpc) is 2.77. The van der Waals surface area contributed by atoms with Crippen molar-refractivity contribution in [3.8, 4) is 0 Å². The van der Waals surface area contributed by atoms with E-state index in [1.807, 2.05) is 0 Å². The Balaban J connectivity index is 1.99. The quantitative estimate of drug-likeness (QED) is 0.661. The second-order valence-electron chi connectivity index (χ2n) is 4.32. The van der Waals surface area contributed by atoms with Gasteiger partial charge in [-0.2, -0.15) is 0 Å². The number of hydrogen-bond acceptors (Lipinski definition) is 2. The second-order valence-corrected chi connectivity index (χ2v) is 5.95. The molecule has 2 nitrogen and oxygen atoms in total. The van der Waals surface area contributed by atoms with E-state index in [2.05, 4.69) is 12.2 Å². The minimum Gasteiger partial charge on any atom is -0.312 e. The number of rotatable bonds is 1. The van der Waals surface area contributed by atoms with Gasteiger partial charge in [0, 0.05) is 28.3 Å². The molecule has 0 bridgehead atoms. The minimum absolute atomic E-state index is 0.486. The molecular weight excluding hydrogens is 170 g/mol. The van der Waals surface area contributed by atoms with Gasteiger partial charge in [0.1, 0.15) is 0 Å². The van der Waals surface area contributed by atoms with Gasteiger partial charge >= 0.3 is 0 Å². The number of hydrogen-bond donors (Lipinski definition) is 1. The van der Waals surface area contributed by atoms with Crippen LogP contribution in [0.4, 0.5) is 0 Å². The van der Waals surface area contributed by atoms with Gasteiger partial charge in [0.2, 0.25) is 0 Å². The molecule has 0 aromatic carbocycles. The fourth-order valence-electron chi connectivity index (χ4n) is 1.83. The zero-order valence-corrected chi connectivity index (χ0v) is 8.45. The third kappa shape index (κ3) is 1.72. The highest BCUT2D eigenvalue weighted by atomic mass is 32.2. The Kier molecular flexibility index (Phi) is 2.25. The maximum atomic E-state index is 11.4. The van der Waals surface area contributed by atoms with E-state index in [1.165, 1.54) is 12.8 Å². The molecule has 3 heteroatoms. The molecule has 1 heterocycles. The fraction of sp³-hybridized carbons (Fsp3) is 1.00. The summed E-state index contributed by atoms with van der Waals surface area (Å²) in [6.45, 7) is 3.37. The van der Waals surface area contributed by atoms with Crippen molar-refractivity contribution in [2.75, 3.05) is 18.1 Å². The Labute approximate surface area is 76.6 Å². The molecule has 0 amide bonds. The Morgan fingerprint density at radius 1 is 1.50 bits per heavy atom. The lowest BCUT2D eigenvalue weighted by atomic mass is 10.0. The van der Waals surface area contributed by atoms with Gasteiger partial charge in [-0.05, 0) is 31.2 Å². The van der Waals surface area contributed by atoms with E-state index in [4.69, 9.17) is 0 Å². The SMILES string of the molecule is CC1(C2CS(=O)CCCN2)CC1. The van der Waals surface area contributed by atoms with Gasteiger partial charge in [-0.1, -0.05) is 6.92 Å². The molecule has 1 saturated carbocycles. The largest absolute Gasteiger partial charge is 0.312 e. The van der Waals surface area contributed by atoms with Crippen LogP contribution < -0.4 is 5.32 Å². The van der Waals surface area contributed by atoms with E-state index in [1.54, 1.807) is 0 Å². The van der Waals surface area contributed by atoms with E-state index in [-0.39, 0.29) is 0 Å². The van der Waals surface area contributed by atoms with Crippen molar-refractivity contribution in [2.24, 2.45) is 5.41 Å². The van der Waals surface area contributed by atoms with Crippen LogP contribution in [0.3, 0.4) is 0 Å². The van der Waals surface area contributed by atoms with Crippen LogP contribution in [-0.2, 0) is 10.8 Å². The molecule has 2 aliphatic rings. The molecule has 2 atom stereocenters. The summed E-state index contributed by atoms with van der Waals surface area (Å²) in [6.07, 6.45) is 3.73. The highest BCUT2D eigenvalue weighted by Crippen LogP contribution is 2.48. The summed E-state index contributed by atoms with van der Waals surface area (Å²) in [5.41, 5.74) is 0.486. The fourth-order valence-corrected chi connectivity index (χ4v) is 3.36. The first-order valence-electron chi connectivity index (χ1n) is 4.79. The maximum absolute atomic E-state index is 11.4. The summed E-state index contributed by atoms with van der Waals surface area (Å²) < 4.78 is 11.4. The van der Waals surface area contributed by atoms with Crippen LogP contribution in [0.2, 0.25) is 0 Å². The normalized spacial score (nSPS) is 40.4. The molecule has 12 heavy (non-hydrogen) atoms. The molecule has 2 unspecified atom stereocenters. The smallest absolute Gasteiger partial charge is 0.0394 e.